The molecular formula is C19H15ClFN3O4S. The maximum Gasteiger partial charge on any atom is 0.226 e. The number of ether oxygens (including phenoxy) is 1. The summed E-state index contributed by atoms with van der Waals surface area (Å²) in [6, 6.07) is 6.67. The first-order valence-electron chi connectivity index (χ1n) is 8.52. The van der Waals surface area contributed by atoms with Crippen molar-refractivity contribution in [2.75, 3.05) is 0 Å². The van der Waals surface area contributed by atoms with Crippen LogP contribution in [0.15, 0.2) is 35.5 Å². The number of aliphatic hydroxyl groups is 1. The van der Waals surface area contributed by atoms with Gasteiger partial charge in [0.15, 0.2) is 5.69 Å². The second-order valence-corrected chi connectivity index (χ2v) is 9.67. The number of fused-ring (bicyclic) bond motifs is 2. The van der Waals surface area contributed by atoms with E-state index in [4.69, 9.17) is 22.9 Å². The summed E-state index contributed by atoms with van der Waals surface area (Å²) in [4.78, 5) is 9.97. The zero-order chi connectivity index (χ0) is 21.1. The summed E-state index contributed by atoms with van der Waals surface area (Å²) in [6.45, 7) is 10.3. The molecule has 0 spiro atoms. The Bertz CT molecular complexity index is 1260. The maximum atomic E-state index is 13.7. The molecule has 2 atom stereocenters. The quantitative estimate of drug-likeness (QED) is 0.594. The number of H-pyrrole nitrogens is 1. The minimum atomic E-state index is -4.27. The summed E-state index contributed by atoms with van der Waals surface area (Å²) in [7, 11) is -4.27. The van der Waals surface area contributed by atoms with E-state index in [0.29, 0.717) is 0 Å². The molecule has 10 heteroatoms. The molecule has 0 unspecified atom stereocenters. The molecule has 0 fully saturated rings. The van der Waals surface area contributed by atoms with E-state index >= 15 is 0 Å². The van der Waals surface area contributed by atoms with Crippen LogP contribution in [0.5, 0.6) is 5.75 Å². The van der Waals surface area contributed by atoms with Crippen LogP contribution in [0.25, 0.3) is 15.9 Å². The Kier molecular flexibility index (Phi) is 4.35. The Morgan fingerprint density at radius 1 is 1.34 bits per heavy atom. The van der Waals surface area contributed by atoms with Gasteiger partial charge in [-0.3, -0.25) is 0 Å². The third-order valence-corrected chi connectivity index (χ3v) is 7.11. The van der Waals surface area contributed by atoms with Crippen LogP contribution in [-0.4, -0.2) is 35.2 Å². The number of nitrogens with zero attached hydrogens (tertiary/aromatic N) is 2. The predicted octanol–water partition coefficient (Wildman–Crippen LogP) is 3.95. The van der Waals surface area contributed by atoms with Crippen molar-refractivity contribution in [1.29, 1.82) is 0 Å². The lowest BCUT2D eigenvalue weighted by Gasteiger charge is -2.41. The molecule has 1 aliphatic heterocycles. The molecule has 2 aromatic carbocycles. The third-order valence-electron chi connectivity index (χ3n) is 4.91. The molecule has 0 bridgehead atoms. The number of aromatic amines is 1. The second kappa shape index (κ2) is 6.42. The molecule has 3 aromatic rings. The molecule has 150 valence electrons. The fraction of sp³-hybridized carbons (Fsp3) is 0.263. The Labute approximate surface area is 170 Å². The highest BCUT2D eigenvalue weighted by Gasteiger charge is 2.50. The van der Waals surface area contributed by atoms with E-state index in [1.165, 1.54) is 24.3 Å². The number of imidazole rings is 1. The van der Waals surface area contributed by atoms with E-state index in [-0.39, 0.29) is 33.1 Å². The van der Waals surface area contributed by atoms with Crippen LogP contribution < -0.4 is 4.74 Å². The van der Waals surface area contributed by atoms with Gasteiger partial charge in [-0.25, -0.2) is 22.6 Å². The number of rotatable bonds is 2. The number of aliphatic hydroxyl groups excluding tert-OH is 1. The minimum Gasteiger partial charge on any atom is -0.485 e. The monoisotopic (exact) mass is 435 g/mol. The number of benzene rings is 2. The van der Waals surface area contributed by atoms with E-state index in [1.54, 1.807) is 13.8 Å². The van der Waals surface area contributed by atoms with Crippen molar-refractivity contribution >= 4 is 38.2 Å². The van der Waals surface area contributed by atoms with Gasteiger partial charge in [0.05, 0.1) is 22.6 Å². The summed E-state index contributed by atoms with van der Waals surface area (Å²) in [5, 5.41) is 8.80. The molecule has 7 nitrogen and oxygen atoms in total. The van der Waals surface area contributed by atoms with Gasteiger partial charge in [-0.2, -0.15) is 0 Å². The highest BCUT2D eigenvalue weighted by molar-refractivity contribution is 7.91. The second-order valence-electron chi connectivity index (χ2n) is 7.28. The number of sulfone groups is 1. The Morgan fingerprint density at radius 3 is 2.76 bits per heavy atom. The van der Waals surface area contributed by atoms with Crippen molar-refractivity contribution in [2.45, 2.75) is 36.0 Å². The number of hydrogen-bond donors (Lipinski definition) is 2. The molecule has 0 saturated carbocycles. The van der Waals surface area contributed by atoms with Gasteiger partial charge in [0.25, 0.3) is 0 Å². The fourth-order valence-electron chi connectivity index (χ4n) is 3.37. The van der Waals surface area contributed by atoms with Crippen molar-refractivity contribution in [1.82, 2.24) is 9.97 Å². The van der Waals surface area contributed by atoms with Crippen LogP contribution in [0.1, 0.15) is 24.7 Å². The van der Waals surface area contributed by atoms with Crippen LogP contribution in [0, 0.1) is 12.4 Å². The molecular weight excluding hydrogens is 421 g/mol. The van der Waals surface area contributed by atoms with Gasteiger partial charge in [-0.05, 0) is 32.0 Å². The van der Waals surface area contributed by atoms with E-state index in [2.05, 4.69) is 14.8 Å². The number of hydrogen-bond acceptors (Lipinski definition) is 5. The zero-order valence-electron chi connectivity index (χ0n) is 15.3. The molecule has 2 N–H and O–H groups in total. The van der Waals surface area contributed by atoms with Crippen molar-refractivity contribution in [2.24, 2.45) is 0 Å². The molecule has 0 amide bonds. The van der Waals surface area contributed by atoms with Crippen LogP contribution in [0.3, 0.4) is 0 Å². The summed E-state index contributed by atoms with van der Waals surface area (Å²) in [6.07, 6.45) is -1.45. The van der Waals surface area contributed by atoms with E-state index in [1.807, 2.05) is 0 Å². The van der Waals surface area contributed by atoms with Gasteiger partial charge in [-0.15, -0.1) is 0 Å². The number of halogens is 2. The van der Waals surface area contributed by atoms with Crippen molar-refractivity contribution in [3.05, 3.63) is 58.2 Å². The van der Waals surface area contributed by atoms with E-state index in [0.717, 1.165) is 6.07 Å². The van der Waals surface area contributed by atoms with Crippen molar-refractivity contribution in [3.63, 3.8) is 0 Å². The normalized spacial score (nSPS) is 20.7. The fourth-order valence-corrected chi connectivity index (χ4v) is 5.43. The SMILES string of the molecule is [C-]#[N+]c1ccc2c(c1)[C@@H](S(=O)(=O)c1nc3cc(Cl)c(F)cc3[nH]1)[C@H](O)C(C)(C)O2. The zero-order valence-corrected chi connectivity index (χ0v) is 16.8. The van der Waals surface area contributed by atoms with Gasteiger partial charge in [0.1, 0.15) is 28.5 Å². The van der Waals surface area contributed by atoms with Gasteiger partial charge >= 0.3 is 0 Å². The molecule has 2 heterocycles. The summed E-state index contributed by atoms with van der Waals surface area (Å²) < 4.78 is 46.5. The first-order chi connectivity index (χ1) is 13.5. The van der Waals surface area contributed by atoms with E-state index < -0.39 is 37.8 Å². The standard InChI is InChI=1S/C19H15ClFN3O4S/c1-19(2)17(25)16(10-6-9(22-3)4-5-15(10)28-19)29(26,27)18-23-13-7-11(20)12(21)8-14(13)24-18/h4-8,16-17,25H,1-2H3,(H,23,24)/t16-,17+/m1/s1. The van der Waals surface area contributed by atoms with Gasteiger partial charge in [-0.1, -0.05) is 17.7 Å². The Hall–Kier alpha value is -2.67. The smallest absolute Gasteiger partial charge is 0.226 e. The largest absolute Gasteiger partial charge is 0.485 e. The molecule has 0 saturated heterocycles. The lowest BCUT2D eigenvalue weighted by Crippen LogP contribution is -2.50. The van der Waals surface area contributed by atoms with Crippen LogP contribution in [-0.2, 0) is 9.84 Å². The molecule has 0 aliphatic carbocycles. The highest BCUT2D eigenvalue weighted by atomic mass is 35.5. The predicted molar refractivity (Wildman–Crippen MR) is 104 cm³/mol. The van der Waals surface area contributed by atoms with Crippen molar-refractivity contribution < 1.29 is 22.7 Å². The molecule has 29 heavy (non-hydrogen) atoms. The summed E-state index contributed by atoms with van der Waals surface area (Å²) >= 11 is 5.76. The third kappa shape index (κ3) is 3.04. The van der Waals surface area contributed by atoms with Crippen molar-refractivity contribution in [3.8, 4) is 5.75 Å². The van der Waals surface area contributed by atoms with Gasteiger partial charge in [0, 0.05) is 11.6 Å². The van der Waals surface area contributed by atoms with Crippen LogP contribution >= 0.6 is 11.6 Å². The highest BCUT2D eigenvalue weighted by Crippen LogP contribution is 2.46. The maximum absolute atomic E-state index is 13.7. The molecule has 1 aromatic heterocycles. The lowest BCUT2D eigenvalue weighted by atomic mass is 9.90. The van der Waals surface area contributed by atoms with E-state index in [9.17, 15) is 17.9 Å². The number of nitrogens with one attached hydrogen (secondary N) is 1. The average molecular weight is 436 g/mol. The average Bonchev–Trinajstić information content (AvgIpc) is 3.06. The Balaban J connectivity index is 1.93. The first-order valence-corrected chi connectivity index (χ1v) is 10.4. The molecule has 1 aliphatic rings. The van der Waals surface area contributed by atoms with Gasteiger partial charge < -0.3 is 14.8 Å². The Morgan fingerprint density at radius 2 is 2.07 bits per heavy atom. The minimum absolute atomic E-state index is 0.154. The summed E-state index contributed by atoms with van der Waals surface area (Å²) in [5.74, 6) is -0.461. The molecule has 0 radical (unpaired) electrons. The summed E-state index contributed by atoms with van der Waals surface area (Å²) in [5.41, 5.74) is -0.522. The van der Waals surface area contributed by atoms with Crippen LogP contribution in [0.4, 0.5) is 10.1 Å². The first kappa shape index (κ1) is 19.6. The van der Waals surface area contributed by atoms with Gasteiger partial charge in [0.2, 0.25) is 15.0 Å². The van der Waals surface area contributed by atoms with Crippen LogP contribution in [0.2, 0.25) is 5.02 Å². The lowest BCUT2D eigenvalue weighted by molar-refractivity contribution is -0.0444. The molecule has 4 rings (SSSR count). The number of aromatic nitrogens is 2. The topological polar surface area (TPSA) is 96.6 Å².